The third kappa shape index (κ3) is 2.20. The number of hydrogen-bond acceptors (Lipinski definition) is 6. The molecule has 6 nitrogen and oxygen atoms in total. The molecule has 0 aromatic carbocycles. The van der Waals surface area contributed by atoms with E-state index in [0.717, 1.165) is 24.3 Å². The standard InChI is InChI=1S/C11H16N4O2S/c16-15(17)10-7-12-11(18-10)13-8-4-6-14-5-2-1-3-9(8)14/h7-9H,1-6H2,(H,12,13). The molecule has 2 atom stereocenters. The number of rotatable bonds is 3. The second-order valence-electron chi connectivity index (χ2n) is 4.90. The van der Waals surface area contributed by atoms with Crippen molar-refractivity contribution in [2.45, 2.75) is 37.8 Å². The Hall–Kier alpha value is -1.21. The molecule has 1 N–H and O–H groups in total. The molecule has 2 fully saturated rings. The van der Waals surface area contributed by atoms with Crippen LogP contribution in [-0.2, 0) is 0 Å². The summed E-state index contributed by atoms with van der Waals surface area (Å²) < 4.78 is 0. The highest BCUT2D eigenvalue weighted by molar-refractivity contribution is 7.18. The second-order valence-corrected chi connectivity index (χ2v) is 5.91. The summed E-state index contributed by atoms with van der Waals surface area (Å²) in [5.41, 5.74) is 0. The third-order valence-corrected chi connectivity index (χ3v) is 4.72. The smallest absolute Gasteiger partial charge is 0.345 e. The van der Waals surface area contributed by atoms with Crippen molar-refractivity contribution in [3.8, 4) is 0 Å². The summed E-state index contributed by atoms with van der Waals surface area (Å²) >= 11 is 1.13. The van der Waals surface area contributed by atoms with Crippen molar-refractivity contribution >= 4 is 21.5 Å². The minimum absolute atomic E-state index is 0.107. The zero-order chi connectivity index (χ0) is 12.5. The first-order valence-corrected chi connectivity index (χ1v) is 7.16. The van der Waals surface area contributed by atoms with Crippen LogP contribution < -0.4 is 5.32 Å². The first-order valence-electron chi connectivity index (χ1n) is 6.35. The Balaban J connectivity index is 1.66. The van der Waals surface area contributed by atoms with Gasteiger partial charge in [0.05, 0.1) is 4.92 Å². The Morgan fingerprint density at radius 3 is 3.11 bits per heavy atom. The fraction of sp³-hybridized carbons (Fsp3) is 0.727. The SMILES string of the molecule is O=[N+]([O-])c1cnc(NC2CCN3CCCCC23)s1. The first kappa shape index (κ1) is 11.9. The summed E-state index contributed by atoms with van der Waals surface area (Å²) in [6.07, 6.45) is 6.26. The van der Waals surface area contributed by atoms with Gasteiger partial charge in [-0.15, -0.1) is 0 Å². The van der Waals surface area contributed by atoms with E-state index in [1.54, 1.807) is 0 Å². The molecule has 7 heteroatoms. The number of thiazole rings is 1. The molecule has 2 saturated heterocycles. The van der Waals surface area contributed by atoms with Crippen molar-refractivity contribution in [1.82, 2.24) is 9.88 Å². The lowest BCUT2D eigenvalue weighted by atomic mass is 9.99. The minimum Gasteiger partial charge on any atom is -0.357 e. The Kier molecular flexibility index (Phi) is 3.17. The van der Waals surface area contributed by atoms with Crippen LogP contribution in [0.4, 0.5) is 10.1 Å². The van der Waals surface area contributed by atoms with Gasteiger partial charge in [-0.05, 0) is 37.1 Å². The fourth-order valence-electron chi connectivity index (χ4n) is 2.99. The lowest BCUT2D eigenvalue weighted by Crippen LogP contribution is -2.41. The maximum atomic E-state index is 10.6. The largest absolute Gasteiger partial charge is 0.357 e. The lowest BCUT2D eigenvalue weighted by Gasteiger charge is -2.32. The Labute approximate surface area is 109 Å². The number of piperidine rings is 1. The summed E-state index contributed by atoms with van der Waals surface area (Å²) in [5.74, 6) is 0. The van der Waals surface area contributed by atoms with Crippen LogP contribution in [0, 0.1) is 10.1 Å². The molecule has 0 spiro atoms. The van der Waals surface area contributed by atoms with Gasteiger partial charge in [-0.3, -0.25) is 15.0 Å². The molecule has 0 bridgehead atoms. The van der Waals surface area contributed by atoms with Crippen LogP contribution in [0.5, 0.6) is 0 Å². The third-order valence-electron chi connectivity index (χ3n) is 3.84. The molecule has 3 heterocycles. The molecule has 0 saturated carbocycles. The quantitative estimate of drug-likeness (QED) is 0.671. The average molecular weight is 268 g/mol. The molecular weight excluding hydrogens is 252 g/mol. The molecule has 3 rings (SSSR count). The molecule has 2 aliphatic rings. The summed E-state index contributed by atoms with van der Waals surface area (Å²) in [5, 5.41) is 14.8. The Morgan fingerprint density at radius 2 is 2.33 bits per heavy atom. The first-order chi connectivity index (χ1) is 8.74. The van der Waals surface area contributed by atoms with Crippen molar-refractivity contribution < 1.29 is 4.92 Å². The highest BCUT2D eigenvalue weighted by atomic mass is 32.1. The van der Waals surface area contributed by atoms with Crippen molar-refractivity contribution in [2.75, 3.05) is 18.4 Å². The van der Waals surface area contributed by atoms with Gasteiger partial charge in [-0.25, -0.2) is 4.98 Å². The predicted octanol–water partition coefficient (Wildman–Crippen LogP) is 2.09. The van der Waals surface area contributed by atoms with Gasteiger partial charge in [0.25, 0.3) is 0 Å². The van der Waals surface area contributed by atoms with Crippen LogP contribution in [0.2, 0.25) is 0 Å². The van der Waals surface area contributed by atoms with E-state index in [1.165, 1.54) is 32.0 Å². The number of nitrogens with one attached hydrogen (secondary N) is 1. The second kappa shape index (κ2) is 4.81. The molecular formula is C11H16N4O2S. The number of anilines is 1. The molecule has 98 valence electrons. The highest BCUT2D eigenvalue weighted by Crippen LogP contribution is 2.31. The van der Waals surface area contributed by atoms with Gasteiger partial charge in [0.2, 0.25) is 0 Å². The zero-order valence-electron chi connectivity index (χ0n) is 10.0. The summed E-state index contributed by atoms with van der Waals surface area (Å²) in [6, 6.07) is 0.984. The van der Waals surface area contributed by atoms with E-state index in [0.29, 0.717) is 17.2 Å². The van der Waals surface area contributed by atoms with Crippen LogP contribution in [0.25, 0.3) is 0 Å². The summed E-state index contributed by atoms with van der Waals surface area (Å²) in [6.45, 7) is 2.33. The molecule has 18 heavy (non-hydrogen) atoms. The van der Waals surface area contributed by atoms with Gasteiger partial charge in [0, 0.05) is 18.6 Å². The van der Waals surface area contributed by atoms with Crippen LogP contribution in [0.1, 0.15) is 25.7 Å². The van der Waals surface area contributed by atoms with Gasteiger partial charge in [0.15, 0.2) is 5.13 Å². The zero-order valence-corrected chi connectivity index (χ0v) is 10.9. The predicted molar refractivity (Wildman–Crippen MR) is 70.0 cm³/mol. The normalized spacial score (nSPS) is 28.0. The van der Waals surface area contributed by atoms with Gasteiger partial charge < -0.3 is 5.32 Å². The number of hydrogen-bond donors (Lipinski definition) is 1. The fourth-order valence-corrected chi connectivity index (χ4v) is 3.68. The summed E-state index contributed by atoms with van der Waals surface area (Å²) in [4.78, 5) is 16.9. The van der Waals surface area contributed by atoms with Crippen molar-refractivity contribution in [2.24, 2.45) is 0 Å². The van der Waals surface area contributed by atoms with Gasteiger partial charge in [-0.1, -0.05) is 6.42 Å². The maximum absolute atomic E-state index is 10.6. The number of aromatic nitrogens is 1. The molecule has 0 radical (unpaired) electrons. The highest BCUT2D eigenvalue weighted by Gasteiger charge is 2.35. The number of nitrogens with zero attached hydrogens (tertiary/aromatic N) is 3. The van der Waals surface area contributed by atoms with Gasteiger partial charge >= 0.3 is 5.00 Å². The molecule has 0 amide bonds. The van der Waals surface area contributed by atoms with Crippen molar-refractivity contribution in [1.29, 1.82) is 0 Å². The molecule has 1 aromatic heterocycles. The van der Waals surface area contributed by atoms with Crippen molar-refractivity contribution in [3.05, 3.63) is 16.3 Å². The number of nitro groups is 1. The lowest BCUT2D eigenvalue weighted by molar-refractivity contribution is -0.380. The van der Waals surface area contributed by atoms with E-state index in [4.69, 9.17) is 0 Å². The monoisotopic (exact) mass is 268 g/mol. The average Bonchev–Trinajstić information content (AvgIpc) is 2.98. The van der Waals surface area contributed by atoms with E-state index >= 15 is 0 Å². The van der Waals surface area contributed by atoms with Crippen LogP contribution in [-0.4, -0.2) is 40.0 Å². The van der Waals surface area contributed by atoms with Crippen LogP contribution in [0.3, 0.4) is 0 Å². The van der Waals surface area contributed by atoms with E-state index in [-0.39, 0.29) is 9.92 Å². The van der Waals surface area contributed by atoms with Gasteiger partial charge in [0.1, 0.15) is 6.20 Å². The van der Waals surface area contributed by atoms with Gasteiger partial charge in [-0.2, -0.15) is 0 Å². The molecule has 0 aliphatic carbocycles. The van der Waals surface area contributed by atoms with Crippen LogP contribution >= 0.6 is 11.3 Å². The van der Waals surface area contributed by atoms with E-state index < -0.39 is 0 Å². The van der Waals surface area contributed by atoms with E-state index in [2.05, 4.69) is 15.2 Å². The molecule has 2 unspecified atom stereocenters. The van der Waals surface area contributed by atoms with Crippen LogP contribution in [0.15, 0.2) is 6.20 Å². The number of fused-ring (bicyclic) bond motifs is 1. The van der Waals surface area contributed by atoms with Crippen molar-refractivity contribution in [3.63, 3.8) is 0 Å². The van der Waals surface area contributed by atoms with E-state index in [9.17, 15) is 10.1 Å². The summed E-state index contributed by atoms with van der Waals surface area (Å²) in [7, 11) is 0. The maximum Gasteiger partial charge on any atom is 0.345 e. The molecule has 1 aromatic rings. The topological polar surface area (TPSA) is 71.3 Å². The Bertz CT molecular complexity index is 450. The minimum atomic E-state index is -0.385. The Morgan fingerprint density at radius 1 is 1.44 bits per heavy atom. The van der Waals surface area contributed by atoms with E-state index in [1.807, 2.05) is 0 Å². The molecule has 2 aliphatic heterocycles.